The molecule has 1 aliphatic rings. The number of nitrogens with zero attached hydrogens (tertiary/aromatic N) is 1. The Bertz CT molecular complexity index is 757. The van der Waals surface area contributed by atoms with Crippen molar-refractivity contribution in [2.24, 2.45) is 5.92 Å². The number of nitrogens with one attached hydrogen (secondary N) is 1. The highest BCUT2D eigenvalue weighted by molar-refractivity contribution is 6.09. The third kappa shape index (κ3) is 4.23. The Morgan fingerprint density at radius 3 is 2.50 bits per heavy atom. The standard InChI is InChI=1S/C21H24N2O3/c1-15(2)26-18-10-8-16(9-11-18)14-22-20(24)19-12-13-23(21(19)25)17-6-4-3-5-7-17/h3-11,15,19H,12-14H2,1-2H3,(H,22,24)/t19-/m0/s1. The highest BCUT2D eigenvalue weighted by Crippen LogP contribution is 2.25. The van der Waals surface area contributed by atoms with Crippen molar-refractivity contribution in [2.45, 2.75) is 32.9 Å². The molecule has 0 aliphatic carbocycles. The largest absolute Gasteiger partial charge is 0.491 e. The zero-order chi connectivity index (χ0) is 18.5. The zero-order valence-corrected chi connectivity index (χ0v) is 15.1. The molecule has 5 heteroatoms. The minimum atomic E-state index is -0.612. The van der Waals surface area contributed by atoms with E-state index in [0.717, 1.165) is 17.0 Å². The second-order valence-electron chi connectivity index (χ2n) is 6.70. The van der Waals surface area contributed by atoms with Gasteiger partial charge in [-0.2, -0.15) is 0 Å². The second-order valence-corrected chi connectivity index (χ2v) is 6.70. The monoisotopic (exact) mass is 352 g/mol. The fraction of sp³-hybridized carbons (Fsp3) is 0.333. The summed E-state index contributed by atoms with van der Waals surface area (Å²) in [5.41, 5.74) is 1.81. The summed E-state index contributed by atoms with van der Waals surface area (Å²) < 4.78 is 5.61. The predicted molar refractivity (Wildman–Crippen MR) is 101 cm³/mol. The molecule has 1 saturated heterocycles. The first-order chi connectivity index (χ1) is 12.5. The van der Waals surface area contributed by atoms with Gasteiger partial charge in [-0.15, -0.1) is 0 Å². The van der Waals surface area contributed by atoms with Gasteiger partial charge in [0.15, 0.2) is 0 Å². The van der Waals surface area contributed by atoms with Crippen molar-refractivity contribution >= 4 is 17.5 Å². The normalized spacial score (nSPS) is 16.8. The minimum absolute atomic E-state index is 0.126. The lowest BCUT2D eigenvalue weighted by molar-refractivity contribution is -0.132. The lowest BCUT2D eigenvalue weighted by Gasteiger charge is -2.16. The Morgan fingerprint density at radius 2 is 1.85 bits per heavy atom. The van der Waals surface area contributed by atoms with E-state index < -0.39 is 5.92 Å². The van der Waals surface area contributed by atoms with Crippen LogP contribution in [0.5, 0.6) is 5.75 Å². The number of carbonyl (C=O) groups excluding carboxylic acids is 2. The first-order valence-electron chi connectivity index (χ1n) is 8.94. The number of amides is 2. The van der Waals surface area contributed by atoms with Crippen molar-refractivity contribution in [2.75, 3.05) is 11.4 Å². The van der Waals surface area contributed by atoms with Crippen molar-refractivity contribution in [3.8, 4) is 5.75 Å². The zero-order valence-electron chi connectivity index (χ0n) is 15.1. The van der Waals surface area contributed by atoms with Crippen LogP contribution in [0.3, 0.4) is 0 Å². The number of hydrogen-bond donors (Lipinski definition) is 1. The highest BCUT2D eigenvalue weighted by Gasteiger charge is 2.37. The molecule has 5 nitrogen and oxygen atoms in total. The van der Waals surface area contributed by atoms with Gasteiger partial charge in [-0.3, -0.25) is 9.59 Å². The van der Waals surface area contributed by atoms with E-state index in [4.69, 9.17) is 4.74 Å². The van der Waals surface area contributed by atoms with E-state index >= 15 is 0 Å². The highest BCUT2D eigenvalue weighted by atomic mass is 16.5. The lowest BCUT2D eigenvalue weighted by Crippen LogP contribution is -2.36. The number of benzene rings is 2. The quantitative estimate of drug-likeness (QED) is 0.813. The van der Waals surface area contributed by atoms with Gasteiger partial charge in [0.25, 0.3) is 0 Å². The molecule has 1 aliphatic heterocycles. The van der Waals surface area contributed by atoms with Crippen LogP contribution in [0.4, 0.5) is 5.69 Å². The van der Waals surface area contributed by atoms with Gasteiger partial charge in [0.05, 0.1) is 6.10 Å². The molecular weight excluding hydrogens is 328 g/mol. The Hall–Kier alpha value is -2.82. The smallest absolute Gasteiger partial charge is 0.239 e. The average molecular weight is 352 g/mol. The first kappa shape index (κ1) is 18.0. The molecule has 0 bridgehead atoms. The van der Waals surface area contributed by atoms with Gasteiger partial charge < -0.3 is 15.0 Å². The molecule has 0 spiro atoms. The maximum atomic E-state index is 12.6. The van der Waals surface area contributed by atoms with Gasteiger partial charge in [0.1, 0.15) is 11.7 Å². The number of ether oxygens (including phenoxy) is 1. The molecule has 0 aromatic heterocycles. The summed E-state index contributed by atoms with van der Waals surface area (Å²) in [6, 6.07) is 17.1. The third-order valence-corrected chi connectivity index (χ3v) is 4.35. The molecule has 0 radical (unpaired) electrons. The van der Waals surface area contributed by atoms with Crippen LogP contribution >= 0.6 is 0 Å². The summed E-state index contributed by atoms with van der Waals surface area (Å²) in [5.74, 6) is -0.149. The van der Waals surface area contributed by atoms with Crippen molar-refractivity contribution in [3.05, 3.63) is 60.2 Å². The number of hydrogen-bond acceptors (Lipinski definition) is 3. The van der Waals surface area contributed by atoms with Crippen LogP contribution in [-0.4, -0.2) is 24.5 Å². The molecule has 1 heterocycles. The number of rotatable bonds is 6. The minimum Gasteiger partial charge on any atom is -0.491 e. The van der Waals surface area contributed by atoms with Crippen LogP contribution in [0.15, 0.2) is 54.6 Å². The summed E-state index contributed by atoms with van der Waals surface area (Å²) >= 11 is 0. The Balaban J connectivity index is 1.55. The SMILES string of the molecule is CC(C)Oc1ccc(CNC(=O)[C@@H]2CCN(c3ccccc3)C2=O)cc1. The number of anilines is 1. The summed E-state index contributed by atoms with van der Waals surface area (Å²) in [5, 5.41) is 2.88. The maximum Gasteiger partial charge on any atom is 0.239 e. The fourth-order valence-corrected chi connectivity index (χ4v) is 3.06. The lowest BCUT2D eigenvalue weighted by atomic mass is 10.1. The Kier molecular flexibility index (Phi) is 5.56. The molecule has 3 rings (SSSR count). The van der Waals surface area contributed by atoms with Gasteiger partial charge in [0, 0.05) is 18.8 Å². The topological polar surface area (TPSA) is 58.6 Å². The van der Waals surface area contributed by atoms with Crippen molar-refractivity contribution in [1.82, 2.24) is 5.32 Å². The summed E-state index contributed by atoms with van der Waals surface area (Å²) in [4.78, 5) is 26.7. The van der Waals surface area contributed by atoms with E-state index in [1.54, 1.807) is 4.90 Å². The number of carbonyl (C=O) groups is 2. The molecule has 1 atom stereocenters. The third-order valence-electron chi connectivity index (χ3n) is 4.35. The second kappa shape index (κ2) is 8.04. The van der Waals surface area contributed by atoms with Gasteiger partial charge in [0.2, 0.25) is 11.8 Å². The molecular formula is C21H24N2O3. The maximum absolute atomic E-state index is 12.6. The van der Waals surface area contributed by atoms with Crippen molar-refractivity contribution in [3.63, 3.8) is 0 Å². The average Bonchev–Trinajstić information content (AvgIpc) is 3.03. The van der Waals surface area contributed by atoms with E-state index in [-0.39, 0.29) is 17.9 Å². The molecule has 26 heavy (non-hydrogen) atoms. The molecule has 2 amide bonds. The van der Waals surface area contributed by atoms with Gasteiger partial charge in [-0.05, 0) is 50.1 Å². The molecule has 2 aromatic carbocycles. The van der Waals surface area contributed by atoms with Crippen LogP contribution in [0, 0.1) is 5.92 Å². The van der Waals surface area contributed by atoms with Crippen LogP contribution in [0.1, 0.15) is 25.8 Å². The van der Waals surface area contributed by atoms with Crippen molar-refractivity contribution in [1.29, 1.82) is 0 Å². The van der Waals surface area contributed by atoms with Crippen LogP contribution in [0.2, 0.25) is 0 Å². The van der Waals surface area contributed by atoms with E-state index in [2.05, 4.69) is 5.32 Å². The summed E-state index contributed by atoms with van der Waals surface area (Å²) in [6.07, 6.45) is 0.669. The summed E-state index contributed by atoms with van der Waals surface area (Å²) in [6.45, 7) is 4.93. The van der Waals surface area contributed by atoms with Crippen molar-refractivity contribution < 1.29 is 14.3 Å². The van der Waals surface area contributed by atoms with E-state index in [1.807, 2.05) is 68.4 Å². The van der Waals surface area contributed by atoms with Gasteiger partial charge in [-0.25, -0.2) is 0 Å². The fourth-order valence-electron chi connectivity index (χ4n) is 3.06. The Morgan fingerprint density at radius 1 is 1.15 bits per heavy atom. The number of para-hydroxylation sites is 1. The Labute approximate surface area is 154 Å². The first-order valence-corrected chi connectivity index (χ1v) is 8.94. The molecule has 2 aromatic rings. The molecule has 1 N–H and O–H groups in total. The van der Waals surface area contributed by atoms with Gasteiger partial charge in [-0.1, -0.05) is 30.3 Å². The van der Waals surface area contributed by atoms with E-state index in [9.17, 15) is 9.59 Å². The molecule has 1 fully saturated rings. The molecule has 136 valence electrons. The summed E-state index contributed by atoms with van der Waals surface area (Å²) in [7, 11) is 0. The van der Waals surface area contributed by atoms with E-state index in [0.29, 0.717) is 19.5 Å². The van der Waals surface area contributed by atoms with Gasteiger partial charge >= 0.3 is 0 Å². The van der Waals surface area contributed by atoms with E-state index in [1.165, 1.54) is 0 Å². The molecule has 0 saturated carbocycles. The van der Waals surface area contributed by atoms with Crippen LogP contribution in [0.25, 0.3) is 0 Å². The van der Waals surface area contributed by atoms with Crippen LogP contribution in [-0.2, 0) is 16.1 Å². The van der Waals surface area contributed by atoms with Crippen LogP contribution < -0.4 is 15.0 Å². The predicted octanol–water partition coefficient (Wildman–Crippen LogP) is 3.14. The molecule has 0 unspecified atom stereocenters.